The van der Waals surface area contributed by atoms with E-state index < -0.39 is 26.4 Å². The van der Waals surface area contributed by atoms with E-state index in [9.17, 15) is 8.42 Å². The summed E-state index contributed by atoms with van der Waals surface area (Å²) in [4.78, 5) is 0.307. The third-order valence-corrected chi connectivity index (χ3v) is 8.10. The number of benzene rings is 2. The molecule has 3 atom stereocenters. The number of nitrogens with two attached hydrogens (primary N) is 1. The molecule has 0 amide bonds. The number of hydrogen-bond acceptors (Lipinski definition) is 4. The van der Waals surface area contributed by atoms with E-state index in [1.807, 2.05) is 13.0 Å². The predicted molar refractivity (Wildman–Crippen MR) is 112 cm³/mol. The molecule has 2 aromatic carbocycles. The maximum absolute atomic E-state index is 13.4. The highest BCUT2D eigenvalue weighted by Crippen LogP contribution is 2.64. The van der Waals surface area contributed by atoms with E-state index in [0.29, 0.717) is 16.7 Å². The molecule has 8 heteroatoms. The topological polar surface area (TPSA) is 69.4 Å². The molecule has 1 aliphatic carbocycles. The molecule has 3 rings (SSSR count). The Bertz CT molecular complexity index is 963. The van der Waals surface area contributed by atoms with Crippen LogP contribution in [0, 0.1) is 5.41 Å². The van der Waals surface area contributed by atoms with Crippen LogP contribution in [0.15, 0.2) is 53.4 Å². The van der Waals surface area contributed by atoms with E-state index in [1.165, 1.54) is 12.1 Å². The van der Waals surface area contributed by atoms with Gasteiger partial charge in [-0.05, 0) is 48.9 Å². The van der Waals surface area contributed by atoms with Gasteiger partial charge in [0.15, 0.2) is 9.84 Å². The Balaban J connectivity index is 2.12. The number of thiocarbonyl (C=S) groups is 1. The van der Waals surface area contributed by atoms with Crippen LogP contribution in [0.4, 0.5) is 0 Å². The van der Waals surface area contributed by atoms with Crippen molar-refractivity contribution >= 4 is 50.2 Å². The van der Waals surface area contributed by atoms with Crippen molar-refractivity contribution in [2.24, 2.45) is 11.1 Å². The number of ether oxygens (including phenoxy) is 1. The average Bonchev–Trinajstić information content (AvgIpc) is 3.32. The van der Waals surface area contributed by atoms with E-state index in [0.717, 1.165) is 5.56 Å². The molecule has 2 aromatic rings. The maximum Gasteiger partial charge on any atom is 0.182 e. The Labute approximate surface area is 174 Å². The van der Waals surface area contributed by atoms with Crippen LogP contribution >= 0.6 is 35.4 Å². The summed E-state index contributed by atoms with van der Waals surface area (Å²) in [5.41, 5.74) is 5.86. The van der Waals surface area contributed by atoms with Gasteiger partial charge in [-0.15, -0.1) is 0 Å². The second kappa shape index (κ2) is 7.68. The van der Waals surface area contributed by atoms with Gasteiger partial charge in [-0.25, -0.2) is 8.42 Å². The summed E-state index contributed by atoms with van der Waals surface area (Å²) in [6.07, 6.45) is 0. The predicted octanol–water partition coefficient (Wildman–Crippen LogP) is 4.24. The molecule has 1 saturated carbocycles. The van der Waals surface area contributed by atoms with Gasteiger partial charge in [0.2, 0.25) is 0 Å². The van der Waals surface area contributed by atoms with Gasteiger partial charge in [0.25, 0.3) is 0 Å². The van der Waals surface area contributed by atoms with Crippen molar-refractivity contribution in [3.05, 3.63) is 64.1 Å². The number of rotatable bonds is 7. The van der Waals surface area contributed by atoms with Crippen LogP contribution < -0.4 is 5.73 Å². The number of sulfone groups is 1. The Morgan fingerprint density at radius 1 is 1.19 bits per heavy atom. The van der Waals surface area contributed by atoms with Gasteiger partial charge in [0, 0.05) is 22.6 Å². The highest BCUT2D eigenvalue weighted by molar-refractivity contribution is 7.92. The molecule has 0 unspecified atom stereocenters. The average molecular weight is 444 g/mol. The van der Waals surface area contributed by atoms with Crippen LogP contribution in [0.3, 0.4) is 0 Å². The molecule has 0 aliphatic heterocycles. The van der Waals surface area contributed by atoms with Crippen LogP contribution in [0.1, 0.15) is 18.4 Å². The number of hydrogen-bond donors (Lipinski definition) is 1. The van der Waals surface area contributed by atoms with Gasteiger partial charge in [-0.2, -0.15) is 0 Å². The molecule has 1 aliphatic rings. The Morgan fingerprint density at radius 3 is 2.41 bits per heavy atom. The second-order valence-corrected chi connectivity index (χ2v) is 9.88. The largest absolute Gasteiger partial charge is 0.393 e. The molecule has 0 bridgehead atoms. The lowest BCUT2D eigenvalue weighted by molar-refractivity contribution is 0.121. The first-order chi connectivity index (χ1) is 12.7. The molecule has 2 N–H and O–H groups in total. The monoisotopic (exact) mass is 443 g/mol. The van der Waals surface area contributed by atoms with Gasteiger partial charge in [-0.1, -0.05) is 47.6 Å². The van der Waals surface area contributed by atoms with E-state index in [-0.39, 0.29) is 16.5 Å². The lowest BCUT2D eigenvalue weighted by atomic mass is 10.00. The minimum absolute atomic E-state index is 0.128. The third-order valence-electron chi connectivity index (χ3n) is 4.94. The minimum atomic E-state index is -3.72. The maximum atomic E-state index is 13.4. The smallest absolute Gasteiger partial charge is 0.182 e. The van der Waals surface area contributed by atoms with Crippen LogP contribution in [0.5, 0.6) is 0 Å². The lowest BCUT2D eigenvalue weighted by Gasteiger charge is -2.17. The zero-order valence-electron chi connectivity index (χ0n) is 14.6. The van der Waals surface area contributed by atoms with Crippen molar-refractivity contribution in [3.63, 3.8) is 0 Å². The van der Waals surface area contributed by atoms with Crippen molar-refractivity contribution in [2.75, 3.05) is 13.2 Å². The molecular formula is C19H19Cl2NO3S2. The molecule has 0 spiro atoms. The summed E-state index contributed by atoms with van der Waals surface area (Å²) in [5, 5.41) is 0.162. The van der Waals surface area contributed by atoms with Gasteiger partial charge in [0.05, 0.1) is 27.2 Å². The summed E-state index contributed by atoms with van der Waals surface area (Å²) >= 11 is 17.3. The Morgan fingerprint density at radius 2 is 1.85 bits per heavy atom. The standard InChI is InChI=1S/C19H19Cl2NO3S2/c1-2-25-11-19(18(22)26)16(12-4-3-5-14(21)10-12)17(19)27(23,24)15-8-6-13(20)7-9-15/h3-10,16-17H,2,11H2,1H3,(H2,22,26)/t16-,17-,19+/m0/s1. The van der Waals surface area contributed by atoms with E-state index in [4.69, 9.17) is 45.9 Å². The summed E-state index contributed by atoms with van der Waals surface area (Å²) in [5.74, 6) is -0.430. The molecule has 27 heavy (non-hydrogen) atoms. The molecule has 1 fully saturated rings. The first-order valence-corrected chi connectivity index (χ1v) is 11.1. The van der Waals surface area contributed by atoms with Crippen molar-refractivity contribution in [2.45, 2.75) is 23.0 Å². The summed E-state index contributed by atoms with van der Waals surface area (Å²) in [6.45, 7) is 2.40. The van der Waals surface area contributed by atoms with Gasteiger partial charge in [-0.3, -0.25) is 0 Å². The zero-order chi connectivity index (χ0) is 19.8. The normalized spacial score (nSPS) is 24.6. The molecule has 0 radical (unpaired) electrons. The fourth-order valence-corrected chi connectivity index (χ4v) is 6.71. The summed E-state index contributed by atoms with van der Waals surface area (Å²) in [6, 6.07) is 13.2. The summed E-state index contributed by atoms with van der Waals surface area (Å²) < 4.78 is 32.4. The van der Waals surface area contributed by atoms with Gasteiger partial charge < -0.3 is 10.5 Å². The van der Waals surface area contributed by atoms with Crippen molar-refractivity contribution in [3.8, 4) is 0 Å². The van der Waals surface area contributed by atoms with Gasteiger partial charge in [0.1, 0.15) is 0 Å². The molecule has 144 valence electrons. The zero-order valence-corrected chi connectivity index (χ0v) is 17.7. The first kappa shape index (κ1) is 20.6. The van der Waals surface area contributed by atoms with E-state index in [2.05, 4.69) is 0 Å². The SMILES string of the molecule is CCOC[C@@]1(C(N)=S)[C@@H](c2cccc(Cl)c2)[C@@H]1S(=O)(=O)c1ccc(Cl)cc1. The number of halogens is 2. The fraction of sp³-hybridized carbons (Fsp3) is 0.316. The van der Waals surface area contributed by atoms with E-state index in [1.54, 1.807) is 30.3 Å². The van der Waals surface area contributed by atoms with Crippen molar-refractivity contribution < 1.29 is 13.2 Å². The molecule has 4 nitrogen and oxygen atoms in total. The molecule has 0 aromatic heterocycles. The van der Waals surface area contributed by atoms with Crippen molar-refractivity contribution in [1.29, 1.82) is 0 Å². The molecular weight excluding hydrogens is 425 g/mol. The quantitative estimate of drug-likeness (QED) is 0.647. The molecule has 0 saturated heterocycles. The minimum Gasteiger partial charge on any atom is -0.393 e. The van der Waals surface area contributed by atoms with Gasteiger partial charge >= 0.3 is 0 Å². The third kappa shape index (κ3) is 3.61. The van der Waals surface area contributed by atoms with Crippen LogP contribution in [-0.4, -0.2) is 31.9 Å². The van der Waals surface area contributed by atoms with Crippen molar-refractivity contribution in [1.82, 2.24) is 0 Å². The van der Waals surface area contributed by atoms with E-state index >= 15 is 0 Å². The van der Waals surface area contributed by atoms with Crippen LogP contribution in [0.25, 0.3) is 0 Å². The highest BCUT2D eigenvalue weighted by atomic mass is 35.5. The fourth-order valence-electron chi connectivity index (χ4n) is 3.61. The second-order valence-electron chi connectivity index (χ2n) is 6.49. The van der Waals surface area contributed by atoms with Crippen LogP contribution in [0.2, 0.25) is 10.0 Å². The summed E-state index contributed by atoms with van der Waals surface area (Å²) in [7, 11) is -3.72. The first-order valence-electron chi connectivity index (χ1n) is 8.37. The Hall–Kier alpha value is -1.18. The molecule has 0 heterocycles. The highest BCUT2D eigenvalue weighted by Gasteiger charge is 2.73. The Kier molecular flexibility index (Phi) is 5.85. The van der Waals surface area contributed by atoms with Crippen LogP contribution in [-0.2, 0) is 14.6 Å². The lowest BCUT2D eigenvalue weighted by Crippen LogP contribution is -2.33.